The number of phenols is 2. The number of hydrogen-bond acceptors (Lipinski definition) is 14. The first-order valence-electron chi connectivity index (χ1n) is 10.6. The molecular weight excluding hydrogens is 476 g/mol. The summed E-state index contributed by atoms with van der Waals surface area (Å²) < 4.78 is 21.1. The Morgan fingerprint density at radius 2 is 1.43 bits per heavy atom. The predicted octanol–water partition coefficient (Wildman–Crippen LogP) is -3.72. The van der Waals surface area contributed by atoms with Crippen molar-refractivity contribution >= 4 is 12.0 Å². The molecule has 0 bridgehead atoms. The molecule has 9 N–H and O–H groups in total. The fourth-order valence-electron chi connectivity index (χ4n) is 3.59. The average Bonchev–Trinajstić information content (AvgIpc) is 2.84. The molecule has 2 aliphatic rings. The second-order valence-electron chi connectivity index (χ2n) is 8.02. The number of rotatable bonds is 7. The van der Waals surface area contributed by atoms with E-state index in [9.17, 15) is 50.8 Å². The smallest absolute Gasteiger partial charge is 0.333 e. The zero-order valence-electron chi connectivity index (χ0n) is 18.1. The zero-order chi connectivity index (χ0) is 25.9. The van der Waals surface area contributed by atoms with Crippen LogP contribution in [0, 0.1) is 0 Å². The van der Waals surface area contributed by atoms with E-state index in [2.05, 4.69) is 0 Å². The van der Waals surface area contributed by atoms with Crippen LogP contribution in [0.1, 0.15) is 5.56 Å². The highest BCUT2D eigenvalue weighted by molar-refractivity contribution is 5.87. The second-order valence-corrected chi connectivity index (χ2v) is 8.02. The van der Waals surface area contributed by atoms with Gasteiger partial charge >= 0.3 is 5.97 Å². The number of hydrogen-bond donors (Lipinski definition) is 9. The van der Waals surface area contributed by atoms with Gasteiger partial charge in [-0.1, -0.05) is 6.07 Å². The van der Waals surface area contributed by atoms with E-state index in [4.69, 9.17) is 18.9 Å². The average molecular weight is 504 g/mol. The lowest BCUT2D eigenvalue weighted by molar-refractivity contribution is -0.362. The lowest BCUT2D eigenvalue weighted by Gasteiger charge is -2.45. The molecule has 10 atom stereocenters. The molecule has 0 aliphatic carbocycles. The quantitative estimate of drug-likeness (QED) is 0.0986. The van der Waals surface area contributed by atoms with Gasteiger partial charge in [-0.15, -0.1) is 0 Å². The maximum atomic E-state index is 12.4. The third kappa shape index (κ3) is 6.07. The summed E-state index contributed by atoms with van der Waals surface area (Å²) in [7, 11) is 0. The Morgan fingerprint density at radius 3 is 2.03 bits per heavy atom. The molecule has 196 valence electrons. The number of carbonyl (C=O) groups excluding carboxylic acids is 1. The van der Waals surface area contributed by atoms with Crippen molar-refractivity contribution in [2.45, 2.75) is 61.4 Å². The fourth-order valence-corrected chi connectivity index (χ4v) is 3.59. The first-order chi connectivity index (χ1) is 16.6. The van der Waals surface area contributed by atoms with Crippen LogP contribution in [-0.4, -0.2) is 127 Å². The highest BCUT2D eigenvalue weighted by Gasteiger charge is 2.51. The Kier molecular flexibility index (Phi) is 9.00. The molecule has 0 aromatic heterocycles. The molecule has 14 heteroatoms. The van der Waals surface area contributed by atoms with Gasteiger partial charge in [0, 0.05) is 6.08 Å². The van der Waals surface area contributed by atoms with Gasteiger partial charge in [-0.3, -0.25) is 0 Å². The summed E-state index contributed by atoms with van der Waals surface area (Å²) in [5.74, 6) is -1.83. The van der Waals surface area contributed by atoms with Gasteiger partial charge in [0.15, 0.2) is 23.9 Å². The number of benzene rings is 1. The van der Waals surface area contributed by atoms with Gasteiger partial charge in [-0.05, 0) is 23.8 Å². The van der Waals surface area contributed by atoms with Crippen LogP contribution in [0.5, 0.6) is 11.5 Å². The molecular formula is C21H28O14. The summed E-state index contributed by atoms with van der Waals surface area (Å²) in [4.78, 5) is 12.4. The summed E-state index contributed by atoms with van der Waals surface area (Å²) >= 11 is 0. The standard InChI is InChI=1S/C21H28O14/c22-6-11-14(27)16(29)18(31)20(32-11)35-19-17(30)15(28)12(7-23)33-21(19)34-13(26)4-2-8-1-3-9(24)10(25)5-8/h1-5,11-12,14-25,27-31H,6-7H2/b4-2+/t11-,12-,14-,15-,16+,17+,18-,19-,20+,21+/m1/s1. The van der Waals surface area contributed by atoms with E-state index in [0.717, 1.165) is 6.08 Å². The van der Waals surface area contributed by atoms with Gasteiger partial charge in [0.1, 0.15) is 42.7 Å². The fraction of sp³-hybridized carbons (Fsp3) is 0.571. The second kappa shape index (κ2) is 11.6. The van der Waals surface area contributed by atoms with Crippen LogP contribution in [0.3, 0.4) is 0 Å². The molecule has 2 heterocycles. The number of ether oxygens (including phenoxy) is 4. The van der Waals surface area contributed by atoms with Crippen LogP contribution in [0.4, 0.5) is 0 Å². The highest BCUT2D eigenvalue weighted by atomic mass is 16.8. The third-order valence-electron chi connectivity index (χ3n) is 5.61. The number of carbonyl (C=O) groups is 1. The lowest BCUT2D eigenvalue weighted by Crippen LogP contribution is -2.64. The minimum absolute atomic E-state index is 0.319. The number of aromatic hydroxyl groups is 2. The van der Waals surface area contributed by atoms with Crippen molar-refractivity contribution in [3.63, 3.8) is 0 Å². The van der Waals surface area contributed by atoms with E-state index in [1.54, 1.807) is 0 Å². The Bertz CT molecular complexity index is 891. The maximum Gasteiger partial charge on any atom is 0.333 e. The highest BCUT2D eigenvalue weighted by Crippen LogP contribution is 2.30. The van der Waals surface area contributed by atoms with Crippen molar-refractivity contribution in [3.05, 3.63) is 29.8 Å². The Hall–Kier alpha value is -2.37. The summed E-state index contributed by atoms with van der Waals surface area (Å²) in [5.41, 5.74) is 0.319. The van der Waals surface area contributed by atoms with Crippen LogP contribution in [0.25, 0.3) is 6.08 Å². The predicted molar refractivity (Wildman–Crippen MR) is 111 cm³/mol. The van der Waals surface area contributed by atoms with E-state index in [1.807, 2.05) is 0 Å². The SMILES string of the molecule is O=C(/C=C/c1ccc(O)c(O)c1)O[C@@H]1O[C@H](CO)[C@@H](O)[C@H](O)[C@H]1O[C@@H]1O[C@H](CO)[C@@H](O)[C@H](O)[C@H]1O. The molecule has 1 aromatic carbocycles. The van der Waals surface area contributed by atoms with Crippen LogP contribution < -0.4 is 0 Å². The topological polar surface area (TPSA) is 236 Å². The van der Waals surface area contributed by atoms with E-state index in [0.29, 0.717) is 5.56 Å². The molecule has 0 saturated carbocycles. The minimum Gasteiger partial charge on any atom is -0.504 e. The monoisotopic (exact) mass is 504 g/mol. The number of phenolic OH excluding ortho intramolecular Hbond substituents is 2. The Morgan fingerprint density at radius 1 is 0.829 bits per heavy atom. The molecule has 3 rings (SSSR count). The first-order valence-corrected chi connectivity index (χ1v) is 10.6. The Balaban J connectivity index is 1.76. The van der Waals surface area contributed by atoms with Crippen molar-refractivity contribution in [1.29, 1.82) is 0 Å². The molecule has 0 spiro atoms. The van der Waals surface area contributed by atoms with E-state index in [-0.39, 0.29) is 5.75 Å². The molecule has 0 radical (unpaired) electrons. The number of aliphatic hydroxyl groups excluding tert-OH is 7. The van der Waals surface area contributed by atoms with Crippen LogP contribution in [-0.2, 0) is 23.7 Å². The number of esters is 1. The van der Waals surface area contributed by atoms with E-state index < -0.39 is 86.3 Å². The van der Waals surface area contributed by atoms with Gasteiger partial charge in [0.05, 0.1) is 13.2 Å². The van der Waals surface area contributed by atoms with Crippen molar-refractivity contribution in [2.24, 2.45) is 0 Å². The summed E-state index contributed by atoms with van der Waals surface area (Å²) in [6.45, 7) is -1.51. The van der Waals surface area contributed by atoms with Gasteiger partial charge in [-0.25, -0.2) is 4.79 Å². The Labute approximate surface area is 198 Å². The largest absolute Gasteiger partial charge is 0.504 e. The van der Waals surface area contributed by atoms with Crippen molar-refractivity contribution in [3.8, 4) is 11.5 Å². The summed E-state index contributed by atoms with van der Waals surface area (Å²) in [5, 5.41) is 88.4. The summed E-state index contributed by atoms with van der Waals surface area (Å²) in [6, 6.07) is 3.75. The van der Waals surface area contributed by atoms with Crippen LogP contribution in [0.2, 0.25) is 0 Å². The first kappa shape index (κ1) is 27.2. The zero-order valence-corrected chi connectivity index (χ0v) is 18.1. The minimum atomic E-state index is -1.86. The normalized spacial score (nSPS) is 37.9. The van der Waals surface area contributed by atoms with Gasteiger partial charge in [0.2, 0.25) is 6.29 Å². The van der Waals surface area contributed by atoms with Gasteiger partial charge in [0.25, 0.3) is 0 Å². The molecule has 2 fully saturated rings. The molecule has 35 heavy (non-hydrogen) atoms. The molecule has 1 aromatic rings. The number of aliphatic hydroxyl groups is 7. The van der Waals surface area contributed by atoms with E-state index in [1.165, 1.54) is 24.3 Å². The van der Waals surface area contributed by atoms with Crippen molar-refractivity contribution in [1.82, 2.24) is 0 Å². The molecule has 0 unspecified atom stereocenters. The maximum absolute atomic E-state index is 12.4. The van der Waals surface area contributed by atoms with Gasteiger partial charge in [-0.2, -0.15) is 0 Å². The van der Waals surface area contributed by atoms with Crippen molar-refractivity contribution in [2.75, 3.05) is 13.2 Å². The van der Waals surface area contributed by atoms with Crippen LogP contribution in [0.15, 0.2) is 24.3 Å². The summed E-state index contributed by atoms with van der Waals surface area (Å²) in [6.07, 6.45) is -14.6. The van der Waals surface area contributed by atoms with Crippen LogP contribution >= 0.6 is 0 Å². The lowest BCUT2D eigenvalue weighted by atomic mass is 9.97. The molecule has 14 nitrogen and oxygen atoms in total. The molecule has 2 aliphatic heterocycles. The third-order valence-corrected chi connectivity index (χ3v) is 5.61. The van der Waals surface area contributed by atoms with E-state index >= 15 is 0 Å². The van der Waals surface area contributed by atoms with Crippen molar-refractivity contribution < 1.29 is 69.7 Å². The molecule has 2 saturated heterocycles. The van der Waals surface area contributed by atoms with Gasteiger partial charge < -0.3 is 64.9 Å². The molecule has 0 amide bonds.